The Kier molecular flexibility index (Phi) is 5.93. The van der Waals surface area contributed by atoms with Gasteiger partial charge in [0.05, 0.1) is 0 Å². The molecular formula is C24H28N2O4. The van der Waals surface area contributed by atoms with Crippen molar-refractivity contribution >= 4 is 17.4 Å². The first kappa shape index (κ1) is 20.3. The zero-order valence-corrected chi connectivity index (χ0v) is 17.6. The first-order valence-electron chi connectivity index (χ1n) is 10.5. The van der Waals surface area contributed by atoms with E-state index in [0.717, 1.165) is 13.1 Å². The lowest BCUT2D eigenvalue weighted by Crippen LogP contribution is -2.49. The highest BCUT2D eigenvalue weighted by molar-refractivity contribution is 5.98. The second-order valence-electron chi connectivity index (χ2n) is 7.87. The van der Waals surface area contributed by atoms with E-state index in [1.807, 2.05) is 4.90 Å². The predicted molar refractivity (Wildman–Crippen MR) is 116 cm³/mol. The van der Waals surface area contributed by atoms with E-state index < -0.39 is 0 Å². The first-order chi connectivity index (χ1) is 14.5. The quantitative estimate of drug-likeness (QED) is 0.710. The molecule has 2 aliphatic rings. The van der Waals surface area contributed by atoms with Crippen molar-refractivity contribution in [2.75, 3.05) is 44.3 Å². The van der Waals surface area contributed by atoms with Crippen molar-refractivity contribution in [2.45, 2.75) is 26.7 Å². The van der Waals surface area contributed by atoms with Gasteiger partial charge < -0.3 is 19.3 Å². The van der Waals surface area contributed by atoms with Crippen molar-refractivity contribution in [3.8, 4) is 11.5 Å². The average molecular weight is 408 g/mol. The number of anilines is 1. The summed E-state index contributed by atoms with van der Waals surface area (Å²) in [6, 6.07) is 11.6. The van der Waals surface area contributed by atoms with Crippen LogP contribution in [0.3, 0.4) is 0 Å². The molecule has 6 heteroatoms. The Hall–Kier alpha value is -3.02. The summed E-state index contributed by atoms with van der Waals surface area (Å²) in [4.78, 5) is 29.4. The van der Waals surface area contributed by atoms with Gasteiger partial charge in [0, 0.05) is 50.3 Å². The molecule has 1 fully saturated rings. The Labute approximate surface area is 177 Å². The van der Waals surface area contributed by atoms with Gasteiger partial charge in [0.25, 0.3) is 0 Å². The van der Waals surface area contributed by atoms with Crippen molar-refractivity contribution in [3.63, 3.8) is 0 Å². The molecule has 0 N–H and O–H groups in total. The third kappa shape index (κ3) is 4.27. The van der Waals surface area contributed by atoms with Crippen molar-refractivity contribution in [1.29, 1.82) is 0 Å². The molecule has 0 unspecified atom stereocenters. The van der Waals surface area contributed by atoms with E-state index in [1.165, 1.54) is 16.8 Å². The molecule has 0 bridgehead atoms. The number of benzene rings is 2. The summed E-state index contributed by atoms with van der Waals surface area (Å²) in [6.45, 7) is 8.26. The molecule has 30 heavy (non-hydrogen) atoms. The first-order valence-corrected chi connectivity index (χ1v) is 10.5. The number of amides is 1. The van der Waals surface area contributed by atoms with Crippen LogP contribution in [0.15, 0.2) is 36.4 Å². The topological polar surface area (TPSA) is 59.1 Å². The molecule has 1 saturated heterocycles. The lowest BCUT2D eigenvalue weighted by atomic mass is 10.0. The van der Waals surface area contributed by atoms with E-state index in [9.17, 15) is 9.59 Å². The van der Waals surface area contributed by atoms with Crippen LogP contribution in [0.2, 0.25) is 0 Å². The molecule has 0 aliphatic carbocycles. The number of carbonyl (C=O) groups excluding carboxylic acids is 2. The highest BCUT2D eigenvalue weighted by Gasteiger charge is 2.23. The van der Waals surface area contributed by atoms with Gasteiger partial charge in [-0.2, -0.15) is 0 Å². The number of ketones is 1. The lowest BCUT2D eigenvalue weighted by molar-refractivity contribution is -0.131. The molecule has 2 aliphatic heterocycles. The zero-order valence-electron chi connectivity index (χ0n) is 17.6. The number of hydrogen-bond acceptors (Lipinski definition) is 5. The monoisotopic (exact) mass is 408 g/mol. The van der Waals surface area contributed by atoms with Crippen molar-refractivity contribution in [1.82, 2.24) is 4.90 Å². The molecule has 1 amide bonds. The van der Waals surface area contributed by atoms with E-state index in [2.05, 4.69) is 36.9 Å². The van der Waals surface area contributed by atoms with Gasteiger partial charge in [0.15, 0.2) is 17.3 Å². The number of Topliss-reactive ketones (excluding diaryl/α,β-unsaturated/α-hetero) is 1. The maximum atomic E-state index is 12.6. The summed E-state index contributed by atoms with van der Waals surface area (Å²) in [7, 11) is 0. The smallest absolute Gasteiger partial charge is 0.223 e. The summed E-state index contributed by atoms with van der Waals surface area (Å²) in [6.07, 6.45) is 0.437. The molecule has 0 atom stereocenters. The van der Waals surface area contributed by atoms with Crippen molar-refractivity contribution < 1.29 is 19.1 Å². The molecule has 0 radical (unpaired) electrons. The number of nitrogens with zero attached hydrogens (tertiary/aromatic N) is 2. The maximum Gasteiger partial charge on any atom is 0.223 e. The maximum absolute atomic E-state index is 12.6. The molecule has 158 valence electrons. The summed E-state index contributed by atoms with van der Waals surface area (Å²) in [5.74, 6) is 1.26. The van der Waals surface area contributed by atoms with Crippen molar-refractivity contribution in [3.05, 3.63) is 53.1 Å². The van der Waals surface area contributed by atoms with Crippen LogP contribution in [-0.2, 0) is 4.79 Å². The number of hydrogen-bond donors (Lipinski definition) is 0. The van der Waals surface area contributed by atoms with E-state index in [4.69, 9.17) is 9.47 Å². The number of piperazine rings is 1. The molecule has 2 aromatic carbocycles. The van der Waals surface area contributed by atoms with Crippen LogP contribution in [0.5, 0.6) is 11.5 Å². The van der Waals surface area contributed by atoms with Gasteiger partial charge >= 0.3 is 0 Å². The highest BCUT2D eigenvalue weighted by Crippen LogP contribution is 2.31. The molecule has 0 saturated carbocycles. The summed E-state index contributed by atoms with van der Waals surface area (Å²) < 4.78 is 11.0. The molecule has 4 rings (SSSR count). The molecule has 2 heterocycles. The molecule has 0 aromatic heterocycles. The van der Waals surface area contributed by atoms with Gasteiger partial charge in [-0.05, 0) is 49.2 Å². The van der Waals surface area contributed by atoms with Crippen LogP contribution in [0.1, 0.15) is 34.3 Å². The third-order valence-electron chi connectivity index (χ3n) is 5.98. The summed E-state index contributed by atoms with van der Waals surface area (Å²) >= 11 is 0. The largest absolute Gasteiger partial charge is 0.486 e. The number of carbonyl (C=O) groups is 2. The van der Waals surface area contributed by atoms with Gasteiger partial charge in [0.2, 0.25) is 5.91 Å². The Morgan fingerprint density at radius 3 is 2.40 bits per heavy atom. The normalized spacial score (nSPS) is 15.8. The van der Waals surface area contributed by atoms with Crippen LogP contribution < -0.4 is 14.4 Å². The summed E-state index contributed by atoms with van der Waals surface area (Å²) in [5, 5.41) is 0. The number of ether oxygens (including phenoxy) is 2. The minimum atomic E-state index is -0.0469. The Morgan fingerprint density at radius 2 is 1.63 bits per heavy atom. The fraction of sp³-hybridized carbons (Fsp3) is 0.417. The Balaban J connectivity index is 1.29. The molecule has 2 aromatic rings. The standard InChI is InChI=1S/C24H28N2O4/c1-17-4-3-5-20(18(17)2)25-10-12-26(13-11-25)24(28)9-7-21(27)19-6-8-22-23(16-19)30-15-14-29-22/h3-6,8,16H,7,9-15H2,1-2H3. The minimum absolute atomic E-state index is 0.0431. The van der Waals surface area contributed by atoms with E-state index in [1.54, 1.807) is 18.2 Å². The Bertz CT molecular complexity index is 948. The predicted octanol–water partition coefficient (Wildman–Crippen LogP) is 3.39. The average Bonchev–Trinajstić information content (AvgIpc) is 2.79. The van der Waals surface area contributed by atoms with Gasteiger partial charge in [-0.25, -0.2) is 0 Å². The van der Waals surface area contributed by atoms with Crippen LogP contribution in [0.25, 0.3) is 0 Å². The second-order valence-corrected chi connectivity index (χ2v) is 7.87. The fourth-order valence-corrected chi connectivity index (χ4v) is 4.01. The minimum Gasteiger partial charge on any atom is -0.486 e. The Morgan fingerprint density at radius 1 is 0.900 bits per heavy atom. The number of fused-ring (bicyclic) bond motifs is 1. The highest BCUT2D eigenvalue weighted by atomic mass is 16.6. The molecule has 6 nitrogen and oxygen atoms in total. The third-order valence-corrected chi connectivity index (χ3v) is 5.98. The van der Waals surface area contributed by atoms with E-state index in [-0.39, 0.29) is 24.5 Å². The summed E-state index contributed by atoms with van der Waals surface area (Å²) in [5.41, 5.74) is 4.38. The molecule has 0 spiro atoms. The fourth-order valence-electron chi connectivity index (χ4n) is 4.01. The SMILES string of the molecule is Cc1cccc(N2CCN(C(=O)CCC(=O)c3ccc4c(c3)OCCO4)CC2)c1C. The number of aryl methyl sites for hydroxylation is 1. The van der Waals surface area contributed by atoms with Gasteiger partial charge in [0.1, 0.15) is 13.2 Å². The van der Waals surface area contributed by atoms with Gasteiger partial charge in [-0.3, -0.25) is 9.59 Å². The van der Waals surface area contributed by atoms with Gasteiger partial charge in [-0.1, -0.05) is 12.1 Å². The van der Waals surface area contributed by atoms with E-state index >= 15 is 0 Å². The second kappa shape index (κ2) is 8.78. The van der Waals surface area contributed by atoms with Gasteiger partial charge in [-0.15, -0.1) is 0 Å². The molecular weight excluding hydrogens is 380 g/mol. The number of rotatable bonds is 5. The zero-order chi connectivity index (χ0) is 21.1. The van der Waals surface area contributed by atoms with Crippen LogP contribution in [0, 0.1) is 13.8 Å². The lowest BCUT2D eigenvalue weighted by Gasteiger charge is -2.37. The van der Waals surface area contributed by atoms with Crippen LogP contribution in [-0.4, -0.2) is 56.0 Å². The van der Waals surface area contributed by atoms with Crippen LogP contribution in [0.4, 0.5) is 5.69 Å². The van der Waals surface area contributed by atoms with Crippen molar-refractivity contribution in [2.24, 2.45) is 0 Å². The van der Waals surface area contributed by atoms with Crippen LogP contribution >= 0.6 is 0 Å². The van der Waals surface area contributed by atoms with E-state index in [0.29, 0.717) is 43.4 Å².